The van der Waals surface area contributed by atoms with Crippen LogP contribution in [-0.2, 0) is 9.53 Å². The lowest BCUT2D eigenvalue weighted by molar-refractivity contribution is -0.116. The van der Waals surface area contributed by atoms with E-state index in [1.54, 1.807) is 6.07 Å². The summed E-state index contributed by atoms with van der Waals surface area (Å²) in [5.74, 6) is -0.377. The van der Waals surface area contributed by atoms with E-state index in [2.05, 4.69) is 5.32 Å². The van der Waals surface area contributed by atoms with Crippen molar-refractivity contribution in [2.45, 2.75) is 19.8 Å². The van der Waals surface area contributed by atoms with Crippen LogP contribution in [0.25, 0.3) is 0 Å². The maximum Gasteiger partial charge on any atom is 0.224 e. The first-order valence-corrected chi connectivity index (χ1v) is 6.54. The summed E-state index contributed by atoms with van der Waals surface area (Å²) in [6, 6.07) is 4.28. The highest BCUT2D eigenvalue weighted by Gasteiger charge is 2.06. The van der Waals surface area contributed by atoms with Gasteiger partial charge in [-0.25, -0.2) is 4.39 Å². The predicted molar refractivity (Wildman–Crippen MR) is 73.5 cm³/mol. The van der Waals surface area contributed by atoms with E-state index in [1.807, 2.05) is 29.5 Å². The first-order valence-electron chi connectivity index (χ1n) is 5.46. The molecule has 0 radical (unpaired) electrons. The highest BCUT2D eigenvalue weighted by Crippen LogP contribution is 2.19. The average molecular weight is 351 g/mol. The summed E-state index contributed by atoms with van der Waals surface area (Å²) in [5, 5.41) is 2.75. The summed E-state index contributed by atoms with van der Waals surface area (Å²) in [6.45, 7) is 3.17. The van der Waals surface area contributed by atoms with Crippen LogP contribution in [0.5, 0.6) is 0 Å². The second kappa shape index (κ2) is 7.60. The first kappa shape index (κ1) is 14.4. The van der Waals surface area contributed by atoms with Crippen LogP contribution in [0.2, 0.25) is 0 Å². The summed E-state index contributed by atoms with van der Waals surface area (Å²) >= 11 is 1.99. The van der Waals surface area contributed by atoms with Gasteiger partial charge in [0.05, 0.1) is 5.69 Å². The molecule has 0 bridgehead atoms. The number of hydrogen-bond donors (Lipinski definition) is 1. The van der Waals surface area contributed by atoms with Gasteiger partial charge < -0.3 is 10.1 Å². The van der Waals surface area contributed by atoms with E-state index in [4.69, 9.17) is 4.74 Å². The average Bonchev–Trinajstić information content (AvgIpc) is 2.28. The predicted octanol–water partition coefficient (Wildman–Crippen LogP) is 3.19. The van der Waals surface area contributed by atoms with Crippen LogP contribution in [-0.4, -0.2) is 19.1 Å². The molecular weight excluding hydrogens is 336 g/mol. The molecule has 0 fully saturated rings. The molecule has 0 aliphatic heterocycles. The Bertz CT molecular complexity index is 385. The van der Waals surface area contributed by atoms with Crippen molar-refractivity contribution in [1.82, 2.24) is 0 Å². The van der Waals surface area contributed by atoms with Crippen LogP contribution in [0.4, 0.5) is 10.1 Å². The van der Waals surface area contributed by atoms with E-state index < -0.39 is 0 Å². The largest absolute Gasteiger partial charge is 0.382 e. The standard InChI is InChI=1S/C12H15FINO2/c1-2-17-7-3-4-12(16)15-11-6-5-9(13)8-10(11)14/h5-6,8H,2-4,7H2,1H3,(H,15,16). The van der Waals surface area contributed by atoms with Gasteiger partial charge in [0.15, 0.2) is 0 Å². The maximum atomic E-state index is 12.8. The molecule has 0 unspecified atom stereocenters. The summed E-state index contributed by atoms with van der Waals surface area (Å²) in [7, 11) is 0. The lowest BCUT2D eigenvalue weighted by Gasteiger charge is -2.07. The molecular formula is C12H15FINO2. The molecule has 94 valence electrons. The van der Waals surface area contributed by atoms with Gasteiger partial charge in [0.25, 0.3) is 0 Å². The van der Waals surface area contributed by atoms with Crippen LogP contribution < -0.4 is 5.32 Å². The Kier molecular flexibility index (Phi) is 6.43. The molecule has 0 aliphatic rings. The zero-order valence-corrected chi connectivity index (χ0v) is 11.8. The first-order chi connectivity index (χ1) is 8.13. The highest BCUT2D eigenvalue weighted by atomic mass is 127. The Balaban J connectivity index is 2.40. The Morgan fingerprint density at radius 3 is 2.94 bits per heavy atom. The molecule has 5 heteroatoms. The van der Waals surface area contributed by atoms with Crippen molar-refractivity contribution in [3.05, 3.63) is 27.6 Å². The van der Waals surface area contributed by atoms with Crippen molar-refractivity contribution in [3.63, 3.8) is 0 Å². The minimum absolute atomic E-state index is 0.0748. The quantitative estimate of drug-likeness (QED) is 0.632. The van der Waals surface area contributed by atoms with Crippen molar-refractivity contribution in [1.29, 1.82) is 0 Å². The zero-order chi connectivity index (χ0) is 12.7. The maximum absolute atomic E-state index is 12.8. The summed E-state index contributed by atoms with van der Waals surface area (Å²) in [5.41, 5.74) is 0.647. The van der Waals surface area contributed by atoms with E-state index >= 15 is 0 Å². The second-order valence-corrected chi connectivity index (χ2v) is 4.64. The van der Waals surface area contributed by atoms with Gasteiger partial charge in [-0.05, 0) is 54.1 Å². The van der Waals surface area contributed by atoms with Gasteiger partial charge in [-0.2, -0.15) is 0 Å². The van der Waals surface area contributed by atoms with Crippen LogP contribution in [0, 0.1) is 9.39 Å². The molecule has 0 aromatic heterocycles. The molecule has 0 spiro atoms. The Labute approximate surface area is 114 Å². The number of carbonyl (C=O) groups is 1. The highest BCUT2D eigenvalue weighted by molar-refractivity contribution is 14.1. The lowest BCUT2D eigenvalue weighted by atomic mass is 10.2. The third-order valence-corrected chi connectivity index (χ3v) is 2.99. The Morgan fingerprint density at radius 1 is 1.53 bits per heavy atom. The molecule has 0 heterocycles. The number of benzene rings is 1. The van der Waals surface area contributed by atoms with Crippen molar-refractivity contribution in [2.24, 2.45) is 0 Å². The van der Waals surface area contributed by atoms with Gasteiger partial charge in [0, 0.05) is 23.2 Å². The van der Waals surface area contributed by atoms with E-state index in [9.17, 15) is 9.18 Å². The van der Waals surface area contributed by atoms with Gasteiger partial charge in [-0.1, -0.05) is 0 Å². The topological polar surface area (TPSA) is 38.3 Å². The number of amides is 1. The fraction of sp³-hybridized carbons (Fsp3) is 0.417. The molecule has 0 aliphatic carbocycles. The van der Waals surface area contributed by atoms with E-state index in [0.717, 1.165) is 0 Å². The molecule has 17 heavy (non-hydrogen) atoms. The van der Waals surface area contributed by atoms with Crippen LogP contribution >= 0.6 is 22.6 Å². The second-order valence-electron chi connectivity index (χ2n) is 3.47. The lowest BCUT2D eigenvalue weighted by Crippen LogP contribution is -2.13. The smallest absolute Gasteiger partial charge is 0.224 e. The zero-order valence-electron chi connectivity index (χ0n) is 9.63. The number of hydrogen-bond acceptors (Lipinski definition) is 2. The number of anilines is 1. The fourth-order valence-corrected chi connectivity index (χ4v) is 1.89. The molecule has 0 saturated carbocycles. The third kappa shape index (κ3) is 5.45. The summed E-state index contributed by atoms with van der Waals surface area (Å²) in [4.78, 5) is 11.5. The normalized spacial score (nSPS) is 10.3. The number of rotatable bonds is 6. The molecule has 1 N–H and O–H groups in total. The van der Waals surface area contributed by atoms with Crippen molar-refractivity contribution in [3.8, 4) is 0 Å². The number of nitrogens with one attached hydrogen (secondary N) is 1. The number of carbonyl (C=O) groups excluding carboxylic acids is 1. The van der Waals surface area contributed by atoms with Gasteiger partial charge in [-0.15, -0.1) is 0 Å². The van der Waals surface area contributed by atoms with Gasteiger partial charge in [0.1, 0.15) is 5.82 Å². The van der Waals surface area contributed by atoms with Gasteiger partial charge in [0.2, 0.25) is 5.91 Å². The van der Waals surface area contributed by atoms with Crippen molar-refractivity contribution >= 4 is 34.2 Å². The SMILES string of the molecule is CCOCCCC(=O)Nc1ccc(F)cc1I. The minimum atomic E-state index is -0.302. The number of halogens is 2. The van der Waals surface area contributed by atoms with Gasteiger partial charge >= 0.3 is 0 Å². The third-order valence-electron chi connectivity index (χ3n) is 2.10. The van der Waals surface area contributed by atoms with Crippen LogP contribution in [0.3, 0.4) is 0 Å². The molecule has 1 rings (SSSR count). The van der Waals surface area contributed by atoms with Crippen molar-refractivity contribution in [2.75, 3.05) is 18.5 Å². The van der Waals surface area contributed by atoms with E-state index in [0.29, 0.717) is 35.3 Å². The van der Waals surface area contributed by atoms with E-state index in [1.165, 1.54) is 12.1 Å². The summed E-state index contributed by atoms with van der Waals surface area (Å²) in [6.07, 6.45) is 1.10. The Morgan fingerprint density at radius 2 is 2.29 bits per heavy atom. The van der Waals surface area contributed by atoms with Crippen LogP contribution in [0.1, 0.15) is 19.8 Å². The Hall–Kier alpha value is -0.690. The van der Waals surface area contributed by atoms with Gasteiger partial charge in [-0.3, -0.25) is 4.79 Å². The monoisotopic (exact) mass is 351 g/mol. The molecule has 1 aromatic rings. The molecule has 1 amide bonds. The molecule has 0 saturated heterocycles. The van der Waals surface area contributed by atoms with Crippen molar-refractivity contribution < 1.29 is 13.9 Å². The van der Waals surface area contributed by atoms with Crippen LogP contribution in [0.15, 0.2) is 18.2 Å². The number of ether oxygens (including phenoxy) is 1. The molecule has 1 aromatic carbocycles. The molecule has 3 nitrogen and oxygen atoms in total. The van der Waals surface area contributed by atoms with E-state index in [-0.39, 0.29) is 11.7 Å². The fourth-order valence-electron chi connectivity index (χ4n) is 1.28. The summed E-state index contributed by atoms with van der Waals surface area (Å²) < 4.78 is 18.7. The minimum Gasteiger partial charge on any atom is -0.382 e. The molecule has 0 atom stereocenters.